The number of amides is 2. The average molecular weight is 169 g/mol. The summed E-state index contributed by atoms with van der Waals surface area (Å²) in [5, 5.41) is 0. The predicted octanol–water partition coefficient (Wildman–Crippen LogP) is -0.155. The Kier molecular flexibility index (Phi) is 1.92. The van der Waals surface area contributed by atoms with Gasteiger partial charge in [-0.1, -0.05) is 0 Å². The molecule has 2 aliphatic rings. The number of hydrogen-bond acceptors (Lipinski definition) is 2. The van der Waals surface area contributed by atoms with E-state index < -0.39 is 0 Å². The summed E-state index contributed by atoms with van der Waals surface area (Å²) < 4.78 is 0. The Morgan fingerprint density at radius 3 is 2.17 bits per heavy atom. The highest BCUT2D eigenvalue weighted by molar-refractivity contribution is 5.72. The van der Waals surface area contributed by atoms with Crippen LogP contribution in [0.4, 0.5) is 4.79 Å². The van der Waals surface area contributed by atoms with Crippen LogP contribution in [0, 0.1) is 0 Å². The molecule has 0 aromatic heterocycles. The van der Waals surface area contributed by atoms with Crippen LogP contribution < -0.4 is 5.73 Å². The summed E-state index contributed by atoms with van der Waals surface area (Å²) in [5.74, 6) is 0. The third-order valence-electron chi connectivity index (χ3n) is 2.69. The zero-order valence-corrected chi connectivity index (χ0v) is 7.20. The minimum Gasteiger partial charge on any atom is -0.351 e. The van der Waals surface area contributed by atoms with Gasteiger partial charge in [-0.05, 0) is 12.8 Å². The number of hydrogen-bond donors (Lipinski definition) is 1. The average Bonchev–Trinajstić information content (AvgIpc) is 2.87. The van der Waals surface area contributed by atoms with Gasteiger partial charge in [0.2, 0.25) is 0 Å². The van der Waals surface area contributed by atoms with E-state index in [4.69, 9.17) is 5.73 Å². The fourth-order valence-electron chi connectivity index (χ4n) is 1.75. The molecule has 0 atom stereocenters. The highest BCUT2D eigenvalue weighted by Crippen LogP contribution is 2.27. The number of nitrogens with zero attached hydrogens (tertiary/aromatic N) is 2. The zero-order valence-electron chi connectivity index (χ0n) is 7.20. The van der Waals surface area contributed by atoms with Gasteiger partial charge in [0.1, 0.15) is 0 Å². The Morgan fingerprint density at radius 2 is 1.75 bits per heavy atom. The molecule has 1 heterocycles. The summed E-state index contributed by atoms with van der Waals surface area (Å²) in [4.78, 5) is 15.0. The highest BCUT2D eigenvalue weighted by atomic mass is 16.2. The molecule has 2 rings (SSSR count). The van der Waals surface area contributed by atoms with E-state index in [1.807, 2.05) is 0 Å². The Balaban J connectivity index is 1.80. The number of rotatable bonds is 1. The van der Waals surface area contributed by atoms with Gasteiger partial charge in [-0.25, -0.2) is 4.79 Å². The molecule has 2 amide bonds. The molecule has 68 valence electrons. The Labute approximate surface area is 72.3 Å². The van der Waals surface area contributed by atoms with Gasteiger partial charge in [0.15, 0.2) is 0 Å². The maximum Gasteiger partial charge on any atom is 0.314 e. The van der Waals surface area contributed by atoms with Crippen LogP contribution in [0.5, 0.6) is 0 Å². The van der Waals surface area contributed by atoms with E-state index in [1.165, 1.54) is 12.8 Å². The first kappa shape index (κ1) is 7.86. The van der Waals surface area contributed by atoms with E-state index in [1.54, 1.807) is 4.90 Å². The van der Waals surface area contributed by atoms with Gasteiger partial charge in [0.25, 0.3) is 0 Å². The van der Waals surface area contributed by atoms with E-state index >= 15 is 0 Å². The largest absolute Gasteiger partial charge is 0.351 e. The summed E-state index contributed by atoms with van der Waals surface area (Å²) in [6, 6.07) is 0.547. The van der Waals surface area contributed by atoms with Gasteiger partial charge in [0.05, 0.1) is 0 Å². The van der Waals surface area contributed by atoms with Crippen LogP contribution in [0.1, 0.15) is 12.8 Å². The molecule has 1 saturated carbocycles. The SMILES string of the molecule is NC(=O)N1CCN(C2CC2)CC1. The van der Waals surface area contributed by atoms with Gasteiger partial charge in [-0.2, -0.15) is 0 Å². The number of urea groups is 1. The van der Waals surface area contributed by atoms with Crippen molar-refractivity contribution < 1.29 is 4.79 Å². The van der Waals surface area contributed by atoms with Crippen LogP contribution >= 0.6 is 0 Å². The molecule has 2 fully saturated rings. The molecule has 1 saturated heterocycles. The smallest absolute Gasteiger partial charge is 0.314 e. The van der Waals surface area contributed by atoms with Crippen molar-refractivity contribution in [2.24, 2.45) is 5.73 Å². The first-order valence-electron chi connectivity index (χ1n) is 4.56. The first-order chi connectivity index (χ1) is 5.77. The summed E-state index contributed by atoms with van der Waals surface area (Å²) in [5.41, 5.74) is 5.17. The second kappa shape index (κ2) is 2.94. The van der Waals surface area contributed by atoms with Crippen molar-refractivity contribution in [3.63, 3.8) is 0 Å². The third-order valence-corrected chi connectivity index (χ3v) is 2.69. The second-order valence-electron chi connectivity index (χ2n) is 3.59. The van der Waals surface area contributed by atoms with Crippen LogP contribution in [0.25, 0.3) is 0 Å². The normalized spacial score (nSPS) is 25.8. The van der Waals surface area contributed by atoms with Crippen LogP contribution in [0.3, 0.4) is 0 Å². The molecule has 4 heteroatoms. The molecule has 4 nitrogen and oxygen atoms in total. The number of carbonyl (C=O) groups excluding carboxylic acids is 1. The summed E-state index contributed by atoms with van der Waals surface area (Å²) in [6.45, 7) is 3.64. The first-order valence-corrected chi connectivity index (χ1v) is 4.56. The Bertz CT molecular complexity index is 183. The minimum atomic E-state index is -0.273. The molecule has 0 unspecified atom stereocenters. The quantitative estimate of drug-likeness (QED) is 0.593. The topological polar surface area (TPSA) is 49.6 Å². The molecule has 0 aromatic rings. The van der Waals surface area contributed by atoms with Crippen molar-refractivity contribution in [3.8, 4) is 0 Å². The van der Waals surface area contributed by atoms with Gasteiger partial charge in [0, 0.05) is 32.2 Å². The van der Waals surface area contributed by atoms with Crippen molar-refractivity contribution in [1.29, 1.82) is 0 Å². The third kappa shape index (κ3) is 1.53. The highest BCUT2D eigenvalue weighted by Gasteiger charge is 2.31. The maximum atomic E-state index is 10.8. The van der Waals surface area contributed by atoms with E-state index in [-0.39, 0.29) is 6.03 Å². The molecule has 2 N–H and O–H groups in total. The number of nitrogens with two attached hydrogens (primary N) is 1. The lowest BCUT2D eigenvalue weighted by Crippen LogP contribution is -2.50. The van der Waals surface area contributed by atoms with Crippen molar-refractivity contribution in [2.75, 3.05) is 26.2 Å². The summed E-state index contributed by atoms with van der Waals surface area (Å²) >= 11 is 0. The fourth-order valence-corrected chi connectivity index (χ4v) is 1.75. The van der Waals surface area contributed by atoms with E-state index in [0.29, 0.717) is 0 Å². The molecule has 1 aliphatic carbocycles. The standard InChI is InChI=1S/C8H15N3O/c9-8(12)11-5-3-10(4-6-11)7-1-2-7/h7H,1-6H2,(H2,9,12). The molecular formula is C8H15N3O. The van der Waals surface area contributed by atoms with Crippen LogP contribution in [0.15, 0.2) is 0 Å². The monoisotopic (exact) mass is 169 g/mol. The maximum absolute atomic E-state index is 10.8. The van der Waals surface area contributed by atoms with E-state index in [2.05, 4.69) is 4.90 Å². The van der Waals surface area contributed by atoms with Crippen molar-refractivity contribution >= 4 is 6.03 Å². The molecule has 0 bridgehead atoms. The predicted molar refractivity (Wildman–Crippen MR) is 45.8 cm³/mol. The molecule has 12 heavy (non-hydrogen) atoms. The van der Waals surface area contributed by atoms with Crippen molar-refractivity contribution in [2.45, 2.75) is 18.9 Å². The molecule has 0 aromatic carbocycles. The van der Waals surface area contributed by atoms with Crippen LogP contribution in [-0.4, -0.2) is 48.1 Å². The molecular weight excluding hydrogens is 154 g/mol. The Hall–Kier alpha value is -0.770. The Morgan fingerprint density at radius 1 is 1.17 bits per heavy atom. The van der Waals surface area contributed by atoms with Gasteiger partial charge in [-0.15, -0.1) is 0 Å². The molecule has 0 spiro atoms. The van der Waals surface area contributed by atoms with Gasteiger partial charge in [-0.3, -0.25) is 4.90 Å². The van der Waals surface area contributed by atoms with Gasteiger partial charge < -0.3 is 10.6 Å². The number of piperazine rings is 1. The minimum absolute atomic E-state index is 0.273. The summed E-state index contributed by atoms with van der Waals surface area (Å²) in [7, 11) is 0. The number of carbonyl (C=O) groups is 1. The van der Waals surface area contributed by atoms with Crippen molar-refractivity contribution in [3.05, 3.63) is 0 Å². The van der Waals surface area contributed by atoms with Crippen LogP contribution in [-0.2, 0) is 0 Å². The second-order valence-corrected chi connectivity index (χ2v) is 3.59. The fraction of sp³-hybridized carbons (Fsp3) is 0.875. The summed E-state index contributed by atoms with van der Waals surface area (Å²) in [6.07, 6.45) is 2.69. The van der Waals surface area contributed by atoms with E-state index in [9.17, 15) is 4.79 Å². The van der Waals surface area contributed by atoms with Crippen molar-refractivity contribution in [1.82, 2.24) is 9.80 Å². The lowest BCUT2D eigenvalue weighted by Gasteiger charge is -2.33. The zero-order chi connectivity index (χ0) is 8.55. The lowest BCUT2D eigenvalue weighted by molar-refractivity contribution is 0.140. The number of primary amides is 1. The van der Waals surface area contributed by atoms with E-state index in [0.717, 1.165) is 32.2 Å². The molecule has 1 aliphatic heterocycles. The van der Waals surface area contributed by atoms with Gasteiger partial charge >= 0.3 is 6.03 Å². The van der Waals surface area contributed by atoms with Crippen LogP contribution in [0.2, 0.25) is 0 Å². The lowest BCUT2D eigenvalue weighted by atomic mass is 10.3. The molecule has 0 radical (unpaired) electrons.